The van der Waals surface area contributed by atoms with Crippen molar-refractivity contribution in [1.82, 2.24) is 0 Å². The lowest BCUT2D eigenvalue weighted by molar-refractivity contribution is 0.921. The quantitative estimate of drug-likeness (QED) is 0.780. The third-order valence-electron chi connectivity index (χ3n) is 2.57. The van der Waals surface area contributed by atoms with Crippen molar-refractivity contribution in [3.05, 3.63) is 41.5 Å². The average Bonchev–Trinajstić information content (AvgIpc) is 2.27. The van der Waals surface area contributed by atoms with Crippen molar-refractivity contribution in [2.45, 2.75) is 33.1 Å². The van der Waals surface area contributed by atoms with Gasteiger partial charge >= 0.3 is 0 Å². The van der Waals surface area contributed by atoms with Crippen molar-refractivity contribution in [3.8, 4) is 0 Å². The van der Waals surface area contributed by atoms with Gasteiger partial charge in [0.25, 0.3) is 0 Å². The second-order valence-corrected chi connectivity index (χ2v) is 3.91. The first kappa shape index (κ1) is 12.0. The third kappa shape index (κ3) is 3.88. The molecule has 1 heteroatoms. The summed E-state index contributed by atoms with van der Waals surface area (Å²) in [5.41, 5.74) is 9.53. The van der Waals surface area contributed by atoms with E-state index in [9.17, 15) is 0 Å². The number of hydrogen-bond donors (Lipinski definition) is 1. The van der Waals surface area contributed by atoms with Crippen LogP contribution in [0, 0.1) is 0 Å². The van der Waals surface area contributed by atoms with Crippen LogP contribution in [0.15, 0.2) is 30.3 Å². The molecular weight excluding hydrogens is 182 g/mol. The second kappa shape index (κ2) is 6.41. The van der Waals surface area contributed by atoms with Crippen LogP contribution in [-0.2, 0) is 6.42 Å². The predicted octanol–water partition coefficient (Wildman–Crippen LogP) is 3.39. The molecule has 15 heavy (non-hydrogen) atoms. The molecule has 0 fully saturated rings. The number of aryl methyl sites for hydroxylation is 1. The minimum Gasteiger partial charge on any atom is -0.330 e. The molecule has 0 aliphatic carbocycles. The topological polar surface area (TPSA) is 26.0 Å². The van der Waals surface area contributed by atoms with Gasteiger partial charge < -0.3 is 5.73 Å². The molecule has 0 bridgehead atoms. The second-order valence-electron chi connectivity index (χ2n) is 3.91. The van der Waals surface area contributed by atoms with Crippen LogP contribution in [0.25, 0.3) is 5.57 Å². The first-order chi connectivity index (χ1) is 7.27. The molecule has 1 aromatic carbocycles. The van der Waals surface area contributed by atoms with Crippen LogP contribution in [0.1, 0.15) is 37.8 Å². The summed E-state index contributed by atoms with van der Waals surface area (Å²) in [5.74, 6) is 0. The monoisotopic (exact) mass is 203 g/mol. The van der Waals surface area contributed by atoms with Crippen LogP contribution in [0.4, 0.5) is 0 Å². The Morgan fingerprint density at radius 2 is 1.93 bits per heavy atom. The molecule has 0 amide bonds. The van der Waals surface area contributed by atoms with Crippen molar-refractivity contribution in [3.63, 3.8) is 0 Å². The Bertz CT molecular complexity index is 309. The summed E-state index contributed by atoms with van der Waals surface area (Å²) in [4.78, 5) is 0. The lowest BCUT2D eigenvalue weighted by Gasteiger charge is -2.03. The molecule has 1 rings (SSSR count). The maximum Gasteiger partial charge on any atom is -0.00424 e. The Balaban J connectivity index is 2.70. The normalized spacial score (nSPS) is 11.8. The molecule has 0 heterocycles. The van der Waals surface area contributed by atoms with E-state index in [0.29, 0.717) is 0 Å². The summed E-state index contributed by atoms with van der Waals surface area (Å²) >= 11 is 0. The molecule has 82 valence electrons. The van der Waals surface area contributed by atoms with Crippen LogP contribution in [0.2, 0.25) is 0 Å². The van der Waals surface area contributed by atoms with Crippen molar-refractivity contribution in [2.75, 3.05) is 6.54 Å². The molecule has 1 aromatic rings. The molecule has 0 aliphatic heterocycles. The van der Waals surface area contributed by atoms with Crippen LogP contribution >= 0.6 is 0 Å². The Morgan fingerprint density at radius 3 is 2.47 bits per heavy atom. The largest absolute Gasteiger partial charge is 0.330 e. The zero-order valence-corrected chi connectivity index (χ0v) is 9.79. The summed E-state index contributed by atoms with van der Waals surface area (Å²) in [6.07, 6.45) is 5.55. The summed E-state index contributed by atoms with van der Waals surface area (Å²) < 4.78 is 0. The molecule has 0 radical (unpaired) electrons. The number of benzene rings is 1. The van der Waals surface area contributed by atoms with Gasteiger partial charge in [-0.05, 0) is 43.0 Å². The minimum absolute atomic E-state index is 0.727. The summed E-state index contributed by atoms with van der Waals surface area (Å²) in [6.45, 7) is 5.08. The standard InChI is InChI=1S/C14H21N/c1-3-5-13-7-9-14(10-8-13)12(2)6-4-11-15/h6-10H,3-5,11,15H2,1-2H3. The zero-order chi connectivity index (χ0) is 11.1. The molecule has 1 nitrogen and oxygen atoms in total. The Morgan fingerprint density at radius 1 is 1.27 bits per heavy atom. The summed E-state index contributed by atoms with van der Waals surface area (Å²) in [7, 11) is 0. The molecule has 0 spiro atoms. The third-order valence-corrected chi connectivity index (χ3v) is 2.57. The molecular formula is C14H21N. The van der Waals surface area contributed by atoms with Crippen molar-refractivity contribution in [2.24, 2.45) is 5.73 Å². The fourth-order valence-corrected chi connectivity index (χ4v) is 1.64. The van der Waals surface area contributed by atoms with Gasteiger partial charge in [-0.3, -0.25) is 0 Å². The predicted molar refractivity (Wildman–Crippen MR) is 67.8 cm³/mol. The minimum atomic E-state index is 0.727. The first-order valence-corrected chi connectivity index (χ1v) is 5.74. The van der Waals surface area contributed by atoms with Crippen molar-refractivity contribution in [1.29, 1.82) is 0 Å². The summed E-state index contributed by atoms with van der Waals surface area (Å²) in [5, 5.41) is 0. The highest BCUT2D eigenvalue weighted by molar-refractivity contribution is 5.63. The van der Waals surface area contributed by atoms with Gasteiger partial charge in [0.2, 0.25) is 0 Å². The van der Waals surface area contributed by atoms with Crippen LogP contribution in [-0.4, -0.2) is 6.54 Å². The smallest absolute Gasteiger partial charge is 0.00424 e. The highest BCUT2D eigenvalue weighted by Crippen LogP contribution is 2.15. The van der Waals surface area contributed by atoms with E-state index in [1.807, 2.05) is 0 Å². The van der Waals surface area contributed by atoms with E-state index in [-0.39, 0.29) is 0 Å². The van der Waals surface area contributed by atoms with E-state index in [1.165, 1.54) is 29.5 Å². The van der Waals surface area contributed by atoms with E-state index in [4.69, 9.17) is 5.73 Å². The van der Waals surface area contributed by atoms with Gasteiger partial charge in [-0.15, -0.1) is 0 Å². The van der Waals surface area contributed by atoms with Crippen molar-refractivity contribution >= 4 is 5.57 Å². The van der Waals surface area contributed by atoms with E-state index in [0.717, 1.165) is 13.0 Å². The number of hydrogen-bond acceptors (Lipinski definition) is 1. The fourth-order valence-electron chi connectivity index (χ4n) is 1.64. The average molecular weight is 203 g/mol. The Labute approximate surface area is 93.0 Å². The number of rotatable bonds is 5. The summed E-state index contributed by atoms with van der Waals surface area (Å²) in [6, 6.07) is 8.85. The van der Waals surface area contributed by atoms with Gasteiger partial charge in [-0.2, -0.15) is 0 Å². The van der Waals surface area contributed by atoms with E-state index in [2.05, 4.69) is 44.2 Å². The lowest BCUT2D eigenvalue weighted by atomic mass is 10.0. The molecule has 0 aliphatic rings. The Kier molecular flexibility index (Phi) is 5.13. The highest BCUT2D eigenvalue weighted by atomic mass is 14.5. The molecule has 0 aromatic heterocycles. The number of nitrogens with two attached hydrogens (primary N) is 1. The highest BCUT2D eigenvalue weighted by Gasteiger charge is 1.95. The van der Waals surface area contributed by atoms with Gasteiger partial charge in [-0.1, -0.05) is 43.7 Å². The SMILES string of the molecule is CCCc1ccc(C(C)=CCCN)cc1. The lowest BCUT2D eigenvalue weighted by Crippen LogP contribution is -1.96. The van der Waals surface area contributed by atoms with Crippen LogP contribution < -0.4 is 5.73 Å². The van der Waals surface area contributed by atoms with Crippen molar-refractivity contribution < 1.29 is 0 Å². The van der Waals surface area contributed by atoms with Crippen LogP contribution in [0.3, 0.4) is 0 Å². The van der Waals surface area contributed by atoms with Gasteiger partial charge in [0.15, 0.2) is 0 Å². The molecule has 2 N–H and O–H groups in total. The van der Waals surface area contributed by atoms with Crippen LogP contribution in [0.5, 0.6) is 0 Å². The van der Waals surface area contributed by atoms with Gasteiger partial charge in [-0.25, -0.2) is 0 Å². The van der Waals surface area contributed by atoms with Gasteiger partial charge in [0.1, 0.15) is 0 Å². The van der Waals surface area contributed by atoms with E-state index >= 15 is 0 Å². The van der Waals surface area contributed by atoms with E-state index < -0.39 is 0 Å². The van der Waals surface area contributed by atoms with E-state index in [1.54, 1.807) is 0 Å². The number of allylic oxidation sites excluding steroid dienone is 1. The first-order valence-electron chi connectivity index (χ1n) is 5.74. The maximum absolute atomic E-state index is 5.47. The Hall–Kier alpha value is -1.08. The molecule has 0 saturated heterocycles. The maximum atomic E-state index is 5.47. The molecule has 0 saturated carbocycles. The zero-order valence-electron chi connectivity index (χ0n) is 9.79. The van der Waals surface area contributed by atoms with Gasteiger partial charge in [0.05, 0.1) is 0 Å². The molecule has 0 atom stereocenters. The van der Waals surface area contributed by atoms with Gasteiger partial charge in [0, 0.05) is 0 Å². The fraction of sp³-hybridized carbons (Fsp3) is 0.429. The molecule has 0 unspecified atom stereocenters.